The first-order chi connectivity index (χ1) is 6.09. The second kappa shape index (κ2) is 4.40. The third-order valence-electron chi connectivity index (χ3n) is 2.08. The lowest BCUT2D eigenvalue weighted by Crippen LogP contribution is -2.29. The van der Waals surface area contributed by atoms with Crippen LogP contribution in [0.5, 0.6) is 0 Å². The largest absolute Gasteiger partial charge is 0.251 e. The standard InChI is InChI=1S/C11H18N2/c1-9-5-6-11(10(2)7-9)8-12-13(3)4/h5-7,12H,8H2,1-4H3. The Morgan fingerprint density at radius 1 is 1.23 bits per heavy atom. The molecule has 0 aliphatic rings. The van der Waals surface area contributed by atoms with Gasteiger partial charge in [0.1, 0.15) is 0 Å². The molecule has 0 aromatic heterocycles. The molecule has 0 saturated carbocycles. The summed E-state index contributed by atoms with van der Waals surface area (Å²) in [5, 5.41) is 1.97. The van der Waals surface area contributed by atoms with Gasteiger partial charge in [0.05, 0.1) is 0 Å². The Morgan fingerprint density at radius 3 is 2.46 bits per heavy atom. The summed E-state index contributed by atoms with van der Waals surface area (Å²) in [4.78, 5) is 0. The maximum Gasteiger partial charge on any atom is 0.0355 e. The van der Waals surface area contributed by atoms with Gasteiger partial charge < -0.3 is 0 Å². The maximum absolute atomic E-state index is 3.26. The fourth-order valence-electron chi connectivity index (χ4n) is 1.29. The van der Waals surface area contributed by atoms with Crippen LogP contribution in [0.4, 0.5) is 0 Å². The van der Waals surface area contributed by atoms with E-state index in [0.717, 1.165) is 6.54 Å². The van der Waals surface area contributed by atoms with E-state index in [4.69, 9.17) is 0 Å². The second-order valence-electron chi connectivity index (χ2n) is 3.66. The van der Waals surface area contributed by atoms with Gasteiger partial charge in [0.25, 0.3) is 0 Å². The van der Waals surface area contributed by atoms with Crippen LogP contribution in [-0.4, -0.2) is 19.1 Å². The Kier molecular flexibility index (Phi) is 3.46. The Bertz CT molecular complexity index is 279. The molecule has 0 aliphatic heterocycles. The van der Waals surface area contributed by atoms with Crippen molar-refractivity contribution in [3.05, 3.63) is 34.9 Å². The molecule has 0 saturated heterocycles. The SMILES string of the molecule is Cc1ccc(CNN(C)C)c(C)c1. The number of hydrogen-bond acceptors (Lipinski definition) is 2. The van der Waals surface area contributed by atoms with Gasteiger partial charge in [0, 0.05) is 20.6 Å². The molecule has 0 spiro atoms. The molecule has 0 unspecified atom stereocenters. The normalized spacial score (nSPS) is 10.8. The lowest BCUT2D eigenvalue weighted by atomic mass is 10.1. The van der Waals surface area contributed by atoms with Gasteiger partial charge in [-0.3, -0.25) is 10.4 Å². The Labute approximate surface area is 80.5 Å². The van der Waals surface area contributed by atoms with Crippen molar-refractivity contribution in [2.24, 2.45) is 0 Å². The number of aryl methyl sites for hydroxylation is 2. The minimum absolute atomic E-state index is 0.902. The highest BCUT2D eigenvalue weighted by Gasteiger charge is 1.97. The molecular weight excluding hydrogens is 160 g/mol. The monoisotopic (exact) mass is 178 g/mol. The summed E-state index contributed by atoms with van der Waals surface area (Å²) < 4.78 is 0. The van der Waals surface area contributed by atoms with E-state index in [1.807, 2.05) is 19.1 Å². The zero-order chi connectivity index (χ0) is 9.84. The van der Waals surface area contributed by atoms with Crippen molar-refractivity contribution in [2.75, 3.05) is 14.1 Å². The maximum atomic E-state index is 3.26. The molecule has 1 aromatic carbocycles. The molecule has 0 fully saturated rings. The van der Waals surface area contributed by atoms with Gasteiger partial charge in [-0.15, -0.1) is 0 Å². The van der Waals surface area contributed by atoms with Crippen molar-refractivity contribution in [3.63, 3.8) is 0 Å². The molecule has 2 nitrogen and oxygen atoms in total. The van der Waals surface area contributed by atoms with E-state index in [1.165, 1.54) is 16.7 Å². The van der Waals surface area contributed by atoms with Crippen LogP contribution in [0, 0.1) is 13.8 Å². The minimum atomic E-state index is 0.902. The predicted molar refractivity (Wildman–Crippen MR) is 56.4 cm³/mol. The van der Waals surface area contributed by atoms with Crippen molar-refractivity contribution in [1.29, 1.82) is 0 Å². The lowest BCUT2D eigenvalue weighted by Gasteiger charge is -2.13. The van der Waals surface area contributed by atoms with E-state index >= 15 is 0 Å². The molecule has 0 amide bonds. The molecule has 0 aliphatic carbocycles. The van der Waals surface area contributed by atoms with Crippen molar-refractivity contribution in [2.45, 2.75) is 20.4 Å². The van der Waals surface area contributed by atoms with Crippen LogP contribution in [0.2, 0.25) is 0 Å². The smallest absolute Gasteiger partial charge is 0.0355 e. The topological polar surface area (TPSA) is 15.3 Å². The summed E-state index contributed by atoms with van der Waals surface area (Å²) in [5.74, 6) is 0. The molecule has 72 valence electrons. The summed E-state index contributed by atoms with van der Waals surface area (Å²) in [7, 11) is 4.01. The fourth-order valence-corrected chi connectivity index (χ4v) is 1.29. The van der Waals surface area contributed by atoms with Gasteiger partial charge in [-0.05, 0) is 25.0 Å². The molecular formula is C11H18N2. The predicted octanol–water partition coefficient (Wildman–Crippen LogP) is 1.87. The van der Waals surface area contributed by atoms with Crippen LogP contribution in [0.1, 0.15) is 16.7 Å². The van der Waals surface area contributed by atoms with Crippen molar-refractivity contribution in [3.8, 4) is 0 Å². The van der Waals surface area contributed by atoms with Gasteiger partial charge in [0.2, 0.25) is 0 Å². The number of hydrazine groups is 1. The molecule has 0 atom stereocenters. The quantitative estimate of drug-likeness (QED) is 0.711. The van der Waals surface area contributed by atoms with E-state index in [2.05, 4.69) is 37.5 Å². The van der Waals surface area contributed by atoms with Crippen LogP contribution in [0.25, 0.3) is 0 Å². The zero-order valence-electron chi connectivity index (χ0n) is 8.89. The first-order valence-corrected chi connectivity index (χ1v) is 4.56. The number of nitrogens with one attached hydrogen (secondary N) is 1. The molecule has 1 N–H and O–H groups in total. The summed E-state index contributed by atoms with van der Waals surface area (Å²) in [6, 6.07) is 6.55. The Hall–Kier alpha value is -0.860. The van der Waals surface area contributed by atoms with Crippen LogP contribution >= 0.6 is 0 Å². The molecule has 1 rings (SSSR count). The highest BCUT2D eigenvalue weighted by Crippen LogP contribution is 2.09. The third kappa shape index (κ3) is 3.17. The number of rotatable bonds is 3. The first kappa shape index (κ1) is 10.2. The summed E-state index contributed by atoms with van der Waals surface area (Å²) >= 11 is 0. The number of hydrogen-bond donors (Lipinski definition) is 1. The molecule has 0 heterocycles. The van der Waals surface area contributed by atoms with Gasteiger partial charge >= 0.3 is 0 Å². The van der Waals surface area contributed by atoms with Crippen LogP contribution < -0.4 is 5.43 Å². The van der Waals surface area contributed by atoms with Crippen LogP contribution in [0.3, 0.4) is 0 Å². The molecule has 0 radical (unpaired) electrons. The van der Waals surface area contributed by atoms with Crippen molar-refractivity contribution in [1.82, 2.24) is 10.4 Å². The second-order valence-corrected chi connectivity index (χ2v) is 3.66. The van der Waals surface area contributed by atoms with Crippen LogP contribution in [0.15, 0.2) is 18.2 Å². The van der Waals surface area contributed by atoms with E-state index in [0.29, 0.717) is 0 Å². The summed E-state index contributed by atoms with van der Waals surface area (Å²) in [6.07, 6.45) is 0. The van der Waals surface area contributed by atoms with Crippen LogP contribution in [-0.2, 0) is 6.54 Å². The van der Waals surface area contributed by atoms with E-state index < -0.39 is 0 Å². The number of benzene rings is 1. The highest BCUT2D eigenvalue weighted by molar-refractivity contribution is 5.30. The first-order valence-electron chi connectivity index (χ1n) is 4.56. The molecule has 0 bridgehead atoms. The Morgan fingerprint density at radius 2 is 1.92 bits per heavy atom. The van der Waals surface area contributed by atoms with Gasteiger partial charge in [-0.1, -0.05) is 23.8 Å². The van der Waals surface area contributed by atoms with Crippen molar-refractivity contribution < 1.29 is 0 Å². The van der Waals surface area contributed by atoms with Gasteiger partial charge in [-0.2, -0.15) is 0 Å². The summed E-state index contributed by atoms with van der Waals surface area (Å²) in [5.41, 5.74) is 7.30. The minimum Gasteiger partial charge on any atom is -0.251 e. The van der Waals surface area contributed by atoms with E-state index in [1.54, 1.807) is 0 Å². The number of nitrogens with zero attached hydrogens (tertiary/aromatic N) is 1. The average Bonchev–Trinajstić information content (AvgIpc) is 2.02. The third-order valence-corrected chi connectivity index (χ3v) is 2.08. The van der Waals surface area contributed by atoms with E-state index in [-0.39, 0.29) is 0 Å². The molecule has 2 heteroatoms. The van der Waals surface area contributed by atoms with Gasteiger partial charge in [0.15, 0.2) is 0 Å². The lowest BCUT2D eigenvalue weighted by molar-refractivity contribution is 0.285. The van der Waals surface area contributed by atoms with Crippen molar-refractivity contribution >= 4 is 0 Å². The highest BCUT2D eigenvalue weighted by atomic mass is 15.5. The summed E-state index contributed by atoms with van der Waals surface area (Å²) in [6.45, 7) is 5.18. The zero-order valence-corrected chi connectivity index (χ0v) is 8.89. The van der Waals surface area contributed by atoms with E-state index in [9.17, 15) is 0 Å². The Balaban J connectivity index is 2.67. The molecule has 1 aromatic rings. The average molecular weight is 178 g/mol. The molecule has 13 heavy (non-hydrogen) atoms. The van der Waals surface area contributed by atoms with Gasteiger partial charge in [-0.25, -0.2) is 0 Å². The fraction of sp³-hybridized carbons (Fsp3) is 0.455.